The Morgan fingerprint density at radius 2 is 1.64 bits per heavy atom. The van der Waals surface area contributed by atoms with Gasteiger partial charge in [0.15, 0.2) is 0 Å². The standard InChI is InChI=1S/C21H24N4O3/c22-21(28)24-12-14-7-9-17(10-8-14)19(26)23-13-15-3-1-6-18(11-15)25-20(27)16-4-2-5-16/h1,3,6-11,16H,2,4-5,12-13H2,(H,23,26)(H,25,27)(H3,22,24,28). The fraction of sp³-hybridized carbons (Fsp3) is 0.286. The lowest BCUT2D eigenvalue weighted by atomic mass is 9.85. The van der Waals surface area contributed by atoms with E-state index in [1.165, 1.54) is 0 Å². The first-order chi connectivity index (χ1) is 13.5. The number of nitrogens with two attached hydrogens (primary N) is 1. The number of urea groups is 1. The van der Waals surface area contributed by atoms with Gasteiger partial charge in [-0.1, -0.05) is 30.7 Å². The van der Waals surface area contributed by atoms with E-state index in [1.807, 2.05) is 24.3 Å². The first-order valence-corrected chi connectivity index (χ1v) is 9.31. The van der Waals surface area contributed by atoms with Gasteiger partial charge >= 0.3 is 6.03 Å². The molecule has 0 radical (unpaired) electrons. The monoisotopic (exact) mass is 380 g/mol. The number of amides is 4. The SMILES string of the molecule is NC(=O)NCc1ccc(C(=O)NCc2cccc(NC(=O)C3CCC3)c2)cc1. The molecular formula is C21H24N4O3. The van der Waals surface area contributed by atoms with Crippen LogP contribution in [0.5, 0.6) is 0 Å². The van der Waals surface area contributed by atoms with Crippen LogP contribution >= 0.6 is 0 Å². The maximum Gasteiger partial charge on any atom is 0.312 e. The van der Waals surface area contributed by atoms with Crippen molar-refractivity contribution in [2.24, 2.45) is 11.7 Å². The van der Waals surface area contributed by atoms with E-state index in [0.29, 0.717) is 18.7 Å². The van der Waals surface area contributed by atoms with Crippen molar-refractivity contribution in [3.63, 3.8) is 0 Å². The maximum atomic E-state index is 12.3. The molecule has 2 aromatic carbocycles. The predicted octanol–water partition coefficient (Wildman–Crippen LogP) is 2.52. The average Bonchev–Trinajstić information content (AvgIpc) is 2.63. The molecule has 28 heavy (non-hydrogen) atoms. The molecule has 1 saturated carbocycles. The summed E-state index contributed by atoms with van der Waals surface area (Å²) in [4.78, 5) is 35.1. The van der Waals surface area contributed by atoms with E-state index in [-0.39, 0.29) is 17.7 Å². The van der Waals surface area contributed by atoms with Gasteiger partial charge in [-0.05, 0) is 48.2 Å². The number of carbonyl (C=O) groups is 3. The van der Waals surface area contributed by atoms with Crippen molar-refractivity contribution in [3.05, 3.63) is 65.2 Å². The van der Waals surface area contributed by atoms with E-state index in [9.17, 15) is 14.4 Å². The van der Waals surface area contributed by atoms with Crippen LogP contribution in [0.2, 0.25) is 0 Å². The molecule has 4 amide bonds. The van der Waals surface area contributed by atoms with Crippen molar-refractivity contribution in [2.75, 3.05) is 5.32 Å². The van der Waals surface area contributed by atoms with Crippen LogP contribution in [0.25, 0.3) is 0 Å². The van der Waals surface area contributed by atoms with Crippen LogP contribution in [0.15, 0.2) is 48.5 Å². The summed E-state index contributed by atoms with van der Waals surface area (Å²) in [5, 5.41) is 8.31. The third kappa shape index (κ3) is 5.33. The maximum absolute atomic E-state index is 12.3. The summed E-state index contributed by atoms with van der Waals surface area (Å²) in [6, 6.07) is 13.8. The van der Waals surface area contributed by atoms with Gasteiger partial charge in [-0.3, -0.25) is 9.59 Å². The third-order valence-corrected chi connectivity index (χ3v) is 4.81. The number of carbonyl (C=O) groups excluding carboxylic acids is 3. The summed E-state index contributed by atoms with van der Waals surface area (Å²) in [5.74, 6) is 0.00108. The zero-order chi connectivity index (χ0) is 19.9. The van der Waals surface area contributed by atoms with Crippen molar-refractivity contribution in [2.45, 2.75) is 32.4 Å². The Labute approximate surface area is 163 Å². The molecule has 0 aliphatic heterocycles. The molecule has 0 spiro atoms. The minimum atomic E-state index is -0.590. The van der Waals surface area contributed by atoms with Gasteiger partial charge in [-0.25, -0.2) is 4.79 Å². The van der Waals surface area contributed by atoms with Gasteiger partial charge in [0.1, 0.15) is 0 Å². The minimum absolute atomic E-state index is 0.0679. The molecule has 0 heterocycles. The highest BCUT2D eigenvalue weighted by Crippen LogP contribution is 2.27. The fourth-order valence-corrected chi connectivity index (χ4v) is 2.92. The normalized spacial score (nSPS) is 13.3. The highest BCUT2D eigenvalue weighted by Gasteiger charge is 2.25. The third-order valence-electron chi connectivity index (χ3n) is 4.81. The van der Waals surface area contributed by atoms with E-state index in [0.717, 1.165) is 36.1 Å². The Balaban J connectivity index is 1.51. The Morgan fingerprint density at radius 1 is 0.929 bits per heavy atom. The van der Waals surface area contributed by atoms with Crippen LogP contribution < -0.4 is 21.7 Å². The number of anilines is 1. The van der Waals surface area contributed by atoms with Crippen LogP contribution in [-0.2, 0) is 17.9 Å². The van der Waals surface area contributed by atoms with Crippen LogP contribution in [0.3, 0.4) is 0 Å². The molecule has 3 rings (SSSR count). The largest absolute Gasteiger partial charge is 0.352 e. The first-order valence-electron chi connectivity index (χ1n) is 9.31. The topological polar surface area (TPSA) is 113 Å². The molecule has 1 fully saturated rings. The van der Waals surface area contributed by atoms with E-state index in [1.54, 1.807) is 24.3 Å². The summed E-state index contributed by atoms with van der Waals surface area (Å²) in [6.07, 6.45) is 3.03. The minimum Gasteiger partial charge on any atom is -0.352 e. The molecule has 0 aromatic heterocycles. The molecule has 146 valence electrons. The molecule has 5 N–H and O–H groups in total. The van der Waals surface area contributed by atoms with Crippen molar-refractivity contribution in [1.82, 2.24) is 10.6 Å². The molecule has 7 heteroatoms. The number of hydrogen-bond acceptors (Lipinski definition) is 3. The Morgan fingerprint density at radius 3 is 2.29 bits per heavy atom. The van der Waals surface area contributed by atoms with Crippen LogP contribution in [-0.4, -0.2) is 17.8 Å². The molecule has 0 bridgehead atoms. The second kappa shape index (κ2) is 9.03. The predicted molar refractivity (Wildman–Crippen MR) is 106 cm³/mol. The summed E-state index contributed by atoms with van der Waals surface area (Å²) < 4.78 is 0. The van der Waals surface area contributed by atoms with Crippen LogP contribution in [0.4, 0.5) is 10.5 Å². The summed E-state index contributed by atoms with van der Waals surface area (Å²) in [5.41, 5.74) is 8.07. The van der Waals surface area contributed by atoms with Crippen molar-refractivity contribution in [1.29, 1.82) is 0 Å². The fourth-order valence-electron chi connectivity index (χ4n) is 2.92. The quantitative estimate of drug-likeness (QED) is 0.592. The Bertz CT molecular complexity index is 860. The second-order valence-corrected chi connectivity index (χ2v) is 6.91. The number of benzene rings is 2. The van der Waals surface area contributed by atoms with Crippen molar-refractivity contribution >= 4 is 23.5 Å². The molecule has 7 nitrogen and oxygen atoms in total. The lowest BCUT2D eigenvalue weighted by Gasteiger charge is -2.24. The van der Waals surface area contributed by atoms with E-state index in [2.05, 4.69) is 16.0 Å². The van der Waals surface area contributed by atoms with E-state index in [4.69, 9.17) is 5.73 Å². The number of nitrogens with one attached hydrogen (secondary N) is 3. The number of hydrogen-bond donors (Lipinski definition) is 4. The molecule has 1 aliphatic rings. The van der Waals surface area contributed by atoms with Crippen molar-refractivity contribution < 1.29 is 14.4 Å². The molecule has 0 saturated heterocycles. The van der Waals surface area contributed by atoms with Gasteiger partial charge in [0.05, 0.1) is 0 Å². The zero-order valence-electron chi connectivity index (χ0n) is 15.5. The number of rotatable bonds is 7. The smallest absolute Gasteiger partial charge is 0.312 e. The highest BCUT2D eigenvalue weighted by molar-refractivity contribution is 5.94. The molecule has 2 aromatic rings. The van der Waals surface area contributed by atoms with Gasteiger partial charge in [-0.2, -0.15) is 0 Å². The summed E-state index contributed by atoms with van der Waals surface area (Å²) in [7, 11) is 0. The lowest BCUT2D eigenvalue weighted by molar-refractivity contribution is -0.122. The number of primary amides is 1. The van der Waals surface area contributed by atoms with Gasteiger partial charge < -0.3 is 21.7 Å². The van der Waals surface area contributed by atoms with Gasteiger partial charge in [-0.15, -0.1) is 0 Å². The van der Waals surface area contributed by atoms with E-state index < -0.39 is 6.03 Å². The molecule has 0 unspecified atom stereocenters. The van der Waals surface area contributed by atoms with E-state index >= 15 is 0 Å². The Kier molecular flexibility index (Phi) is 6.26. The summed E-state index contributed by atoms with van der Waals surface area (Å²) >= 11 is 0. The zero-order valence-corrected chi connectivity index (χ0v) is 15.5. The van der Waals surface area contributed by atoms with Gasteiger partial charge in [0.2, 0.25) is 5.91 Å². The Hall–Kier alpha value is -3.35. The van der Waals surface area contributed by atoms with Gasteiger partial charge in [0.25, 0.3) is 5.91 Å². The molecule has 0 atom stereocenters. The average molecular weight is 380 g/mol. The first kappa shape index (κ1) is 19.4. The van der Waals surface area contributed by atoms with Crippen LogP contribution in [0, 0.1) is 5.92 Å². The van der Waals surface area contributed by atoms with Crippen molar-refractivity contribution in [3.8, 4) is 0 Å². The molecule has 1 aliphatic carbocycles. The lowest BCUT2D eigenvalue weighted by Crippen LogP contribution is -2.28. The molecular weight excluding hydrogens is 356 g/mol. The van der Waals surface area contributed by atoms with Crippen LogP contribution in [0.1, 0.15) is 40.7 Å². The highest BCUT2D eigenvalue weighted by atomic mass is 16.2. The van der Waals surface area contributed by atoms with Gasteiger partial charge in [0, 0.05) is 30.3 Å². The second-order valence-electron chi connectivity index (χ2n) is 6.91. The summed E-state index contributed by atoms with van der Waals surface area (Å²) in [6.45, 7) is 0.674.